The topological polar surface area (TPSA) is 64.7 Å². The van der Waals surface area contributed by atoms with Crippen molar-refractivity contribution in [2.75, 3.05) is 6.61 Å². The summed E-state index contributed by atoms with van der Waals surface area (Å²) in [4.78, 5) is 27.9. The summed E-state index contributed by atoms with van der Waals surface area (Å²) in [5.74, 6) is -0.421. The van der Waals surface area contributed by atoms with Crippen molar-refractivity contribution in [1.29, 1.82) is 0 Å². The maximum Gasteiger partial charge on any atom is 0.421 e. The van der Waals surface area contributed by atoms with Gasteiger partial charge >= 0.3 is 5.76 Å². The average molecular weight is 580 g/mol. The number of halogens is 1. The number of aromatic nitrogens is 1. The number of oxazole rings is 1. The van der Waals surface area contributed by atoms with Crippen LogP contribution in [0, 0.1) is 0 Å². The van der Waals surface area contributed by atoms with Gasteiger partial charge in [0.1, 0.15) is 6.73 Å². The molecule has 5 rings (SSSR count). The average Bonchev–Trinajstić information content (AvgIpc) is 3.29. The summed E-state index contributed by atoms with van der Waals surface area (Å²) >= 11 is 3.57. The molecule has 8 heteroatoms. The standard InChI is InChI=1S/C29H31BrN2O4Si/c1-37(2,3)14-13-35-19-32-25-12-9-21(16-27(25)36-29(32)34)18-31-26(15-20-7-5-4-6-8-20)24-17-22(30)10-11-23(24)28(31)33/h4-12,16-17,26H,13-15,18-19H2,1-3H3. The molecular formula is C29H31BrN2O4Si. The lowest BCUT2D eigenvalue weighted by Gasteiger charge is -2.26. The third kappa shape index (κ3) is 5.66. The fourth-order valence-electron chi connectivity index (χ4n) is 4.77. The van der Waals surface area contributed by atoms with E-state index in [-0.39, 0.29) is 18.7 Å². The summed E-state index contributed by atoms with van der Waals surface area (Å²) in [6, 6.07) is 22.7. The molecular weight excluding hydrogens is 548 g/mol. The molecule has 0 bridgehead atoms. The van der Waals surface area contributed by atoms with Crippen molar-refractivity contribution < 1.29 is 13.9 Å². The number of ether oxygens (including phenoxy) is 1. The van der Waals surface area contributed by atoms with Gasteiger partial charge in [-0.05, 0) is 59.5 Å². The van der Waals surface area contributed by atoms with Crippen LogP contribution < -0.4 is 5.76 Å². The van der Waals surface area contributed by atoms with Crippen molar-refractivity contribution in [3.05, 3.63) is 104 Å². The first-order valence-corrected chi connectivity index (χ1v) is 17.0. The molecule has 0 aliphatic carbocycles. The van der Waals surface area contributed by atoms with E-state index in [0.717, 1.165) is 33.6 Å². The molecule has 4 aromatic rings. The molecule has 192 valence electrons. The lowest BCUT2D eigenvalue weighted by Crippen LogP contribution is -2.28. The number of rotatable bonds is 9. The van der Waals surface area contributed by atoms with Gasteiger partial charge in [0, 0.05) is 31.3 Å². The van der Waals surface area contributed by atoms with Crippen LogP contribution >= 0.6 is 15.9 Å². The zero-order chi connectivity index (χ0) is 26.2. The number of carbonyl (C=O) groups is 1. The molecule has 0 saturated carbocycles. The Morgan fingerprint density at radius 3 is 2.51 bits per heavy atom. The van der Waals surface area contributed by atoms with Crippen molar-refractivity contribution in [2.24, 2.45) is 0 Å². The predicted octanol–water partition coefficient (Wildman–Crippen LogP) is 6.61. The Hall–Kier alpha value is -2.94. The highest BCUT2D eigenvalue weighted by Crippen LogP contribution is 2.38. The fourth-order valence-corrected chi connectivity index (χ4v) is 5.91. The fraction of sp³-hybridized carbons (Fsp3) is 0.310. The lowest BCUT2D eigenvalue weighted by molar-refractivity contribution is 0.0709. The maximum absolute atomic E-state index is 13.5. The van der Waals surface area contributed by atoms with Gasteiger partial charge in [0.2, 0.25) is 0 Å². The van der Waals surface area contributed by atoms with Crippen LogP contribution in [0.2, 0.25) is 25.7 Å². The summed E-state index contributed by atoms with van der Waals surface area (Å²) in [6.45, 7) is 8.10. The van der Waals surface area contributed by atoms with Crippen LogP contribution in [-0.4, -0.2) is 30.1 Å². The second-order valence-electron chi connectivity index (χ2n) is 10.8. The number of benzene rings is 3. The molecule has 2 heterocycles. The number of hydrogen-bond acceptors (Lipinski definition) is 4. The van der Waals surface area contributed by atoms with Gasteiger partial charge in [-0.1, -0.05) is 72.0 Å². The van der Waals surface area contributed by atoms with Gasteiger partial charge in [0.15, 0.2) is 5.58 Å². The third-order valence-electron chi connectivity index (χ3n) is 6.81. The molecule has 0 N–H and O–H groups in total. The predicted molar refractivity (Wildman–Crippen MR) is 151 cm³/mol. The van der Waals surface area contributed by atoms with Gasteiger partial charge in [0.05, 0.1) is 11.6 Å². The molecule has 0 radical (unpaired) electrons. The number of nitrogens with zero attached hydrogens (tertiary/aromatic N) is 2. The molecule has 1 amide bonds. The highest BCUT2D eigenvalue weighted by atomic mass is 79.9. The lowest BCUT2D eigenvalue weighted by atomic mass is 9.98. The summed E-state index contributed by atoms with van der Waals surface area (Å²) in [5, 5.41) is 0. The van der Waals surface area contributed by atoms with Crippen molar-refractivity contribution >= 4 is 41.0 Å². The van der Waals surface area contributed by atoms with Crippen molar-refractivity contribution in [1.82, 2.24) is 9.47 Å². The molecule has 1 unspecified atom stereocenters. The molecule has 1 aliphatic rings. The second kappa shape index (κ2) is 10.4. The van der Waals surface area contributed by atoms with E-state index in [1.54, 1.807) is 0 Å². The SMILES string of the molecule is C[Si](C)(C)CCOCn1c(=O)oc2cc(CN3C(=O)c4ccc(Br)cc4C3Cc3ccccc3)ccc21. The van der Waals surface area contributed by atoms with Crippen LogP contribution in [0.25, 0.3) is 11.1 Å². The van der Waals surface area contributed by atoms with Crippen molar-refractivity contribution in [2.45, 2.75) is 51.4 Å². The highest BCUT2D eigenvalue weighted by molar-refractivity contribution is 9.10. The van der Waals surface area contributed by atoms with Crippen LogP contribution in [0.4, 0.5) is 0 Å². The summed E-state index contributed by atoms with van der Waals surface area (Å²) in [6.07, 6.45) is 0.721. The smallest absolute Gasteiger partial charge is 0.408 e. The minimum Gasteiger partial charge on any atom is -0.408 e. The van der Waals surface area contributed by atoms with Crippen LogP contribution in [0.3, 0.4) is 0 Å². The first-order valence-electron chi connectivity index (χ1n) is 12.5. The Bertz CT molecular complexity index is 1490. The second-order valence-corrected chi connectivity index (χ2v) is 17.4. The van der Waals surface area contributed by atoms with Crippen LogP contribution in [0.15, 0.2) is 80.4 Å². The molecule has 0 spiro atoms. The minimum atomic E-state index is -1.21. The van der Waals surface area contributed by atoms with Crippen molar-refractivity contribution in [3.63, 3.8) is 0 Å². The first kappa shape index (κ1) is 25.7. The Kier molecular flexibility index (Phi) is 7.25. The maximum atomic E-state index is 13.5. The number of fused-ring (bicyclic) bond motifs is 2. The number of hydrogen-bond donors (Lipinski definition) is 0. The summed E-state index contributed by atoms with van der Waals surface area (Å²) in [5.41, 5.74) is 5.04. The van der Waals surface area contributed by atoms with E-state index in [4.69, 9.17) is 9.15 Å². The van der Waals surface area contributed by atoms with E-state index < -0.39 is 13.8 Å². The van der Waals surface area contributed by atoms with Gasteiger partial charge in [0.25, 0.3) is 5.91 Å². The normalized spacial score (nSPS) is 15.5. The van der Waals surface area contributed by atoms with Gasteiger partial charge in [-0.15, -0.1) is 0 Å². The van der Waals surface area contributed by atoms with Gasteiger partial charge in [-0.3, -0.25) is 4.79 Å². The first-order chi connectivity index (χ1) is 17.7. The molecule has 0 fully saturated rings. The van der Waals surface area contributed by atoms with Crippen LogP contribution in [0.1, 0.15) is 33.1 Å². The Labute approximate surface area is 226 Å². The quantitative estimate of drug-likeness (QED) is 0.165. The molecule has 1 aromatic heterocycles. The molecule has 0 saturated heterocycles. The van der Waals surface area contributed by atoms with Crippen molar-refractivity contribution in [3.8, 4) is 0 Å². The summed E-state index contributed by atoms with van der Waals surface area (Å²) < 4.78 is 13.8. The molecule has 37 heavy (non-hydrogen) atoms. The Morgan fingerprint density at radius 2 is 1.76 bits per heavy atom. The van der Waals surface area contributed by atoms with E-state index >= 15 is 0 Å². The zero-order valence-corrected chi connectivity index (χ0v) is 24.0. The Morgan fingerprint density at radius 1 is 0.973 bits per heavy atom. The van der Waals surface area contributed by atoms with E-state index in [9.17, 15) is 9.59 Å². The molecule has 1 aliphatic heterocycles. The molecule has 6 nitrogen and oxygen atoms in total. The molecule has 3 aromatic carbocycles. The Balaban J connectivity index is 1.39. The monoisotopic (exact) mass is 578 g/mol. The number of amides is 1. The zero-order valence-electron chi connectivity index (χ0n) is 21.4. The van der Waals surface area contributed by atoms with E-state index in [2.05, 4.69) is 47.7 Å². The van der Waals surface area contributed by atoms with Gasteiger partial charge in [-0.25, -0.2) is 9.36 Å². The third-order valence-corrected chi connectivity index (χ3v) is 9.01. The van der Waals surface area contributed by atoms with E-state index in [1.807, 2.05) is 59.5 Å². The van der Waals surface area contributed by atoms with Gasteiger partial charge in [-0.2, -0.15) is 0 Å². The molecule has 1 atom stereocenters. The summed E-state index contributed by atoms with van der Waals surface area (Å²) in [7, 11) is -1.21. The van der Waals surface area contributed by atoms with Crippen LogP contribution in [-0.2, 0) is 24.4 Å². The highest BCUT2D eigenvalue weighted by Gasteiger charge is 2.36. The van der Waals surface area contributed by atoms with Gasteiger partial charge < -0.3 is 14.1 Å². The van der Waals surface area contributed by atoms with E-state index in [0.29, 0.717) is 24.3 Å². The largest absolute Gasteiger partial charge is 0.421 e. The minimum absolute atomic E-state index is 0.0124. The number of carbonyl (C=O) groups excluding carboxylic acids is 1. The van der Waals surface area contributed by atoms with Crippen LogP contribution in [0.5, 0.6) is 0 Å². The van der Waals surface area contributed by atoms with E-state index in [1.165, 1.54) is 10.1 Å².